The largest absolute Gasteiger partial charge is 0.470 e. The second-order valence-electron chi connectivity index (χ2n) is 1.31. The number of hydrazone groups is 1. The third kappa shape index (κ3) is 10.8. The van der Waals surface area contributed by atoms with Crippen molar-refractivity contribution in [3.05, 3.63) is 0 Å². The number of hydrazine groups is 2. The lowest BCUT2D eigenvalue weighted by Crippen LogP contribution is -2.48. The van der Waals surface area contributed by atoms with E-state index in [1.165, 1.54) is 0 Å². The number of hydrogen-bond donors (Lipinski definition) is 5. The minimum absolute atomic E-state index is 0.111. The van der Waals surface area contributed by atoms with E-state index in [9.17, 15) is 0 Å². The number of nitrogens with two attached hydrogens (primary N) is 4. The molecule has 12 heavy (non-hydrogen) atoms. The van der Waals surface area contributed by atoms with Crippen LogP contribution in [0.2, 0.25) is 0 Å². The Morgan fingerprint density at radius 1 is 1.58 bits per heavy atom. The third-order valence-electron chi connectivity index (χ3n) is 0.492. The van der Waals surface area contributed by atoms with Crippen LogP contribution >= 0.6 is 0 Å². The van der Waals surface area contributed by atoms with Crippen LogP contribution in [0.25, 0.3) is 0 Å². The van der Waals surface area contributed by atoms with Crippen LogP contribution in [-0.4, -0.2) is 22.2 Å². The summed E-state index contributed by atoms with van der Waals surface area (Å²) in [5.41, 5.74) is 4.92. The number of nitriles is 1. The first-order chi connectivity index (χ1) is 5.45. The average Bonchev–Trinajstić information content (AvgIpc) is 2.04. The first-order valence-electron chi connectivity index (χ1n) is 2.41. The normalized spacial score (nSPS) is 8.92. The van der Waals surface area contributed by atoms with Gasteiger partial charge in [-0.15, -0.1) is 5.10 Å². The number of carboxylic acids is 1. The van der Waals surface area contributed by atoms with Gasteiger partial charge in [-0.1, -0.05) is 0 Å². The molecule has 0 radical (unpaired) electrons. The predicted octanol–water partition coefficient (Wildman–Crippen LogP) is -3.18. The lowest BCUT2D eigenvalue weighted by atomic mass is 10.8. The smallest absolute Gasteiger partial charge is 0.408 e. The van der Waals surface area contributed by atoms with Gasteiger partial charge in [-0.3, -0.25) is 0 Å². The summed E-state index contributed by atoms with van der Waals surface area (Å²) in [5, 5.41) is 18.2. The number of hydrogen-bond acceptors (Lipinski definition) is 6. The molecular formula is C3H9N7O2. The minimum Gasteiger partial charge on any atom is -0.470 e. The third-order valence-corrected chi connectivity index (χ3v) is 0.492. The monoisotopic (exact) mass is 175 g/mol. The van der Waals surface area contributed by atoms with E-state index in [0.29, 0.717) is 5.12 Å². The zero-order chi connectivity index (χ0) is 10.1. The second kappa shape index (κ2) is 7.06. The highest BCUT2D eigenvalue weighted by Gasteiger charge is 1.88. The highest BCUT2D eigenvalue weighted by molar-refractivity contribution is 5.83. The van der Waals surface area contributed by atoms with Crippen molar-refractivity contribution in [2.45, 2.75) is 0 Å². The Labute approximate surface area is 67.7 Å². The summed E-state index contributed by atoms with van der Waals surface area (Å²) in [6.07, 6.45) is 0. The molecule has 0 aliphatic carbocycles. The van der Waals surface area contributed by atoms with E-state index in [2.05, 4.69) is 10.9 Å². The Morgan fingerprint density at radius 3 is 1.92 bits per heavy atom. The summed E-state index contributed by atoms with van der Waals surface area (Å²) >= 11 is 0. The molecule has 0 heterocycles. The molecule has 0 aliphatic rings. The number of rotatable bonds is 0. The van der Waals surface area contributed by atoms with Crippen LogP contribution in [0.15, 0.2) is 5.10 Å². The van der Waals surface area contributed by atoms with Gasteiger partial charge in [0.05, 0.1) is 0 Å². The van der Waals surface area contributed by atoms with Crippen LogP contribution in [-0.2, 0) is 4.79 Å². The van der Waals surface area contributed by atoms with Crippen LogP contribution in [0, 0.1) is 11.3 Å². The van der Waals surface area contributed by atoms with Crippen molar-refractivity contribution in [1.82, 2.24) is 5.12 Å². The number of carboxylic acid groups (broad SMARTS) is 1. The van der Waals surface area contributed by atoms with Gasteiger partial charge in [0.2, 0.25) is 5.96 Å². The number of nitrogens with zero attached hydrogens (tertiary/aromatic N) is 3. The maximum atomic E-state index is 9.01. The van der Waals surface area contributed by atoms with Crippen LogP contribution in [0.3, 0.4) is 0 Å². The van der Waals surface area contributed by atoms with Gasteiger partial charge in [-0.05, 0) is 0 Å². The fourth-order valence-corrected chi connectivity index (χ4v) is 0.0667. The molecule has 0 aliphatic heterocycles. The minimum atomic E-state index is -1.44. The van der Waals surface area contributed by atoms with Crippen molar-refractivity contribution in [1.29, 1.82) is 5.26 Å². The van der Waals surface area contributed by atoms with Crippen LogP contribution < -0.4 is 23.3 Å². The van der Waals surface area contributed by atoms with Gasteiger partial charge in [-0.25, -0.2) is 21.6 Å². The van der Waals surface area contributed by atoms with Gasteiger partial charge in [0, 0.05) is 0 Å². The van der Waals surface area contributed by atoms with E-state index < -0.39 is 5.97 Å². The standard InChI is InChI=1S/C2HNO2.CH8N6/c3-1-2(4)5;2-1(6-3)7(4)5/h(H,4,5);3-5H2,(H2,2,6). The quantitative estimate of drug-likeness (QED) is 0.0637. The molecule has 0 rings (SSSR count). The fourth-order valence-electron chi connectivity index (χ4n) is 0.0667. The summed E-state index contributed by atoms with van der Waals surface area (Å²) in [4.78, 5) is 9.01. The lowest BCUT2D eigenvalue weighted by molar-refractivity contribution is -0.130. The van der Waals surface area contributed by atoms with E-state index in [-0.39, 0.29) is 5.96 Å². The van der Waals surface area contributed by atoms with E-state index >= 15 is 0 Å². The molecular weight excluding hydrogens is 166 g/mol. The maximum Gasteiger partial charge on any atom is 0.408 e. The van der Waals surface area contributed by atoms with Gasteiger partial charge >= 0.3 is 5.97 Å². The summed E-state index contributed by atoms with van der Waals surface area (Å²) in [6.45, 7) is 0. The van der Waals surface area contributed by atoms with Crippen LogP contribution in [0.1, 0.15) is 0 Å². The zero-order valence-corrected chi connectivity index (χ0v) is 6.01. The SMILES string of the molecule is N#CC(=O)O.N/N=C(\N)N(N)N. The molecule has 0 saturated carbocycles. The average molecular weight is 175 g/mol. The Morgan fingerprint density at radius 2 is 1.92 bits per heavy atom. The summed E-state index contributed by atoms with van der Waals surface area (Å²) < 4.78 is 0. The van der Waals surface area contributed by atoms with Crippen LogP contribution in [0.5, 0.6) is 0 Å². The van der Waals surface area contributed by atoms with Gasteiger partial charge in [0.25, 0.3) is 0 Å². The lowest BCUT2D eigenvalue weighted by Gasteiger charge is -2.06. The number of aliphatic carboxylic acids is 1. The first-order valence-corrected chi connectivity index (χ1v) is 2.41. The molecule has 0 atom stereocenters. The summed E-state index contributed by atoms with van der Waals surface area (Å²) in [7, 11) is 0. The fraction of sp³-hybridized carbons (Fsp3) is 0. The Bertz CT molecular complexity index is 203. The molecule has 0 saturated heterocycles. The zero-order valence-electron chi connectivity index (χ0n) is 6.01. The van der Waals surface area contributed by atoms with Crippen molar-refractivity contribution in [3.63, 3.8) is 0 Å². The second-order valence-corrected chi connectivity index (χ2v) is 1.31. The van der Waals surface area contributed by atoms with Crippen molar-refractivity contribution in [2.75, 3.05) is 0 Å². The molecule has 0 bridgehead atoms. The maximum absolute atomic E-state index is 9.01. The Hall–Kier alpha value is -2.05. The predicted molar refractivity (Wildman–Crippen MR) is 39.3 cm³/mol. The molecule has 0 aromatic carbocycles. The molecule has 0 unspecified atom stereocenters. The van der Waals surface area contributed by atoms with E-state index in [1.54, 1.807) is 0 Å². The van der Waals surface area contributed by atoms with Gasteiger partial charge in [0.1, 0.15) is 0 Å². The van der Waals surface area contributed by atoms with E-state index in [0.717, 1.165) is 6.07 Å². The van der Waals surface area contributed by atoms with Gasteiger partial charge in [0.15, 0.2) is 6.07 Å². The molecule has 0 amide bonds. The first kappa shape index (κ1) is 12.6. The Balaban J connectivity index is 0. The number of carbonyl (C=O) groups is 1. The number of guanidine groups is 1. The van der Waals surface area contributed by atoms with Gasteiger partial charge in [-0.2, -0.15) is 5.26 Å². The Kier molecular flexibility index (Phi) is 7.42. The molecule has 9 heteroatoms. The topological polar surface area (TPSA) is 181 Å². The summed E-state index contributed by atoms with van der Waals surface area (Å²) in [5.74, 6) is 12.7. The van der Waals surface area contributed by atoms with Crippen LogP contribution in [0.4, 0.5) is 0 Å². The van der Waals surface area contributed by atoms with Crippen molar-refractivity contribution >= 4 is 11.9 Å². The van der Waals surface area contributed by atoms with Crippen molar-refractivity contribution in [3.8, 4) is 6.07 Å². The van der Waals surface area contributed by atoms with Crippen molar-refractivity contribution in [2.24, 2.45) is 28.4 Å². The molecule has 0 aromatic rings. The molecule has 0 fully saturated rings. The molecule has 0 spiro atoms. The van der Waals surface area contributed by atoms with Crippen molar-refractivity contribution < 1.29 is 9.90 Å². The molecule has 9 N–H and O–H groups in total. The highest BCUT2D eigenvalue weighted by atomic mass is 16.4. The molecule has 68 valence electrons. The summed E-state index contributed by atoms with van der Waals surface area (Å²) in [6, 6.07) is 0.944. The highest BCUT2D eigenvalue weighted by Crippen LogP contribution is 1.55. The van der Waals surface area contributed by atoms with Gasteiger partial charge < -0.3 is 16.7 Å². The van der Waals surface area contributed by atoms with E-state index in [1.807, 2.05) is 0 Å². The van der Waals surface area contributed by atoms with E-state index in [4.69, 9.17) is 32.6 Å². The molecule has 9 nitrogen and oxygen atoms in total. The molecule has 0 aromatic heterocycles.